The highest BCUT2D eigenvalue weighted by atomic mass is 16.5. The number of fused-ring (bicyclic) bond motifs is 3. The first-order chi connectivity index (χ1) is 13.3. The van der Waals surface area contributed by atoms with Crippen LogP contribution < -0.4 is 0 Å². The second-order valence-electron chi connectivity index (χ2n) is 6.55. The van der Waals surface area contributed by atoms with Crippen LogP contribution in [0.5, 0.6) is 28.7 Å². The summed E-state index contributed by atoms with van der Waals surface area (Å²) in [5.41, 5.74) is 0.528. The highest BCUT2D eigenvalue weighted by Crippen LogP contribution is 2.51. The van der Waals surface area contributed by atoms with Gasteiger partial charge in [-0.05, 0) is 30.7 Å². The Morgan fingerprint density at radius 1 is 0.786 bits per heavy atom. The van der Waals surface area contributed by atoms with Gasteiger partial charge >= 0.3 is 5.97 Å². The van der Waals surface area contributed by atoms with Crippen LogP contribution >= 0.6 is 0 Å². The maximum absolute atomic E-state index is 12.3. The lowest BCUT2D eigenvalue weighted by Crippen LogP contribution is -2.05. The summed E-state index contributed by atoms with van der Waals surface area (Å²) in [5, 5.41) is 52.9. The zero-order valence-corrected chi connectivity index (χ0v) is 14.9. The van der Waals surface area contributed by atoms with Gasteiger partial charge in [0.2, 0.25) is 0 Å². The van der Waals surface area contributed by atoms with Crippen molar-refractivity contribution in [3.63, 3.8) is 0 Å². The number of benzene rings is 4. The third kappa shape index (κ3) is 2.13. The van der Waals surface area contributed by atoms with Gasteiger partial charge in [-0.25, -0.2) is 4.79 Å². The second-order valence-corrected chi connectivity index (χ2v) is 6.55. The molecule has 0 aliphatic rings. The van der Waals surface area contributed by atoms with E-state index in [1.807, 2.05) is 0 Å². The molecule has 0 saturated carbocycles. The van der Waals surface area contributed by atoms with Crippen LogP contribution in [0.4, 0.5) is 0 Å². The van der Waals surface area contributed by atoms with Crippen molar-refractivity contribution in [1.82, 2.24) is 0 Å². The molecule has 4 aromatic carbocycles. The molecular formula is C21H16O7. The normalized spacial score (nSPS) is 11.4. The van der Waals surface area contributed by atoms with Crippen LogP contribution in [0.15, 0.2) is 30.3 Å². The summed E-state index contributed by atoms with van der Waals surface area (Å²) in [4.78, 5) is 12.3. The van der Waals surface area contributed by atoms with Crippen molar-refractivity contribution in [2.24, 2.45) is 0 Å². The average Bonchev–Trinajstić information content (AvgIpc) is 2.64. The van der Waals surface area contributed by atoms with Crippen LogP contribution in [0.3, 0.4) is 0 Å². The number of esters is 1. The van der Waals surface area contributed by atoms with Crippen molar-refractivity contribution >= 4 is 38.3 Å². The Morgan fingerprint density at radius 2 is 1.43 bits per heavy atom. The van der Waals surface area contributed by atoms with Crippen molar-refractivity contribution in [2.45, 2.75) is 6.92 Å². The van der Waals surface area contributed by atoms with E-state index in [1.165, 1.54) is 37.4 Å². The predicted octanol–water partition coefficient (Wildman–Crippen LogP) is 3.77. The van der Waals surface area contributed by atoms with E-state index in [-0.39, 0.29) is 55.1 Å². The van der Waals surface area contributed by atoms with Gasteiger partial charge in [0.25, 0.3) is 0 Å². The molecule has 0 aliphatic heterocycles. The number of phenolic OH excluding ortho intramolecular Hbond substituents is 5. The molecule has 7 heteroatoms. The lowest BCUT2D eigenvalue weighted by molar-refractivity contribution is 0.0602. The van der Waals surface area contributed by atoms with Crippen molar-refractivity contribution in [3.8, 4) is 28.7 Å². The van der Waals surface area contributed by atoms with Gasteiger partial charge < -0.3 is 30.3 Å². The van der Waals surface area contributed by atoms with E-state index in [2.05, 4.69) is 0 Å². The molecule has 28 heavy (non-hydrogen) atoms. The summed E-state index contributed by atoms with van der Waals surface area (Å²) in [6.45, 7) is 1.60. The van der Waals surface area contributed by atoms with E-state index in [1.54, 1.807) is 6.92 Å². The van der Waals surface area contributed by atoms with Crippen LogP contribution in [0.1, 0.15) is 15.9 Å². The summed E-state index contributed by atoms with van der Waals surface area (Å²) >= 11 is 0. The quantitative estimate of drug-likeness (QED) is 0.193. The van der Waals surface area contributed by atoms with Crippen molar-refractivity contribution < 1.29 is 35.1 Å². The summed E-state index contributed by atoms with van der Waals surface area (Å²) in [6.07, 6.45) is 0. The highest BCUT2D eigenvalue weighted by Gasteiger charge is 2.25. The number of rotatable bonds is 1. The Balaban J connectivity index is 2.35. The summed E-state index contributed by atoms with van der Waals surface area (Å²) in [7, 11) is 1.21. The van der Waals surface area contributed by atoms with Crippen molar-refractivity contribution in [3.05, 3.63) is 41.5 Å². The lowest BCUT2D eigenvalue weighted by atomic mass is 9.92. The number of ether oxygens (including phenoxy) is 1. The van der Waals surface area contributed by atoms with Gasteiger partial charge in [0.1, 0.15) is 28.7 Å². The molecular weight excluding hydrogens is 364 g/mol. The minimum Gasteiger partial charge on any atom is -0.507 e. The lowest BCUT2D eigenvalue weighted by Gasteiger charge is -2.16. The molecule has 0 unspecified atom stereocenters. The molecule has 0 fully saturated rings. The molecule has 0 saturated heterocycles. The Bertz CT molecular complexity index is 1320. The zero-order valence-electron chi connectivity index (χ0n) is 14.9. The third-order valence-corrected chi connectivity index (χ3v) is 4.99. The Hall–Kier alpha value is -3.87. The second kappa shape index (κ2) is 5.82. The fraction of sp³-hybridized carbons (Fsp3) is 0.0952. The molecule has 0 spiro atoms. The number of methoxy groups -OCH3 is 1. The largest absolute Gasteiger partial charge is 0.507 e. The third-order valence-electron chi connectivity index (χ3n) is 4.99. The fourth-order valence-corrected chi connectivity index (χ4v) is 3.74. The number of carbonyl (C=O) groups is 1. The van der Waals surface area contributed by atoms with E-state index in [0.717, 1.165) is 0 Å². The highest BCUT2D eigenvalue weighted by molar-refractivity contribution is 6.22. The predicted molar refractivity (Wildman–Crippen MR) is 103 cm³/mol. The number of hydrogen-bond donors (Lipinski definition) is 5. The van der Waals surface area contributed by atoms with Gasteiger partial charge in [0.05, 0.1) is 28.8 Å². The molecule has 4 aromatic rings. The summed E-state index contributed by atoms with van der Waals surface area (Å²) in [6, 6.07) is 7.03. The Labute approximate surface area is 158 Å². The van der Waals surface area contributed by atoms with Gasteiger partial charge in [-0.3, -0.25) is 0 Å². The van der Waals surface area contributed by atoms with Gasteiger partial charge in [-0.1, -0.05) is 12.1 Å². The van der Waals surface area contributed by atoms with E-state index in [0.29, 0.717) is 5.56 Å². The summed E-state index contributed by atoms with van der Waals surface area (Å²) in [5.74, 6) is -2.56. The van der Waals surface area contributed by atoms with E-state index < -0.39 is 17.5 Å². The van der Waals surface area contributed by atoms with Gasteiger partial charge in [-0.2, -0.15) is 0 Å². The average molecular weight is 380 g/mol. The first-order valence-electron chi connectivity index (χ1n) is 8.33. The molecule has 0 bridgehead atoms. The molecule has 0 heterocycles. The van der Waals surface area contributed by atoms with E-state index in [4.69, 9.17) is 4.74 Å². The smallest absolute Gasteiger partial charge is 0.338 e. The van der Waals surface area contributed by atoms with Gasteiger partial charge in [0, 0.05) is 16.2 Å². The Morgan fingerprint density at radius 3 is 2.07 bits per heavy atom. The molecule has 0 radical (unpaired) electrons. The van der Waals surface area contributed by atoms with Crippen molar-refractivity contribution in [1.29, 1.82) is 0 Å². The van der Waals surface area contributed by atoms with Crippen LogP contribution in [0.2, 0.25) is 0 Å². The number of aromatic hydroxyl groups is 5. The Kier molecular flexibility index (Phi) is 3.64. The number of hydrogen-bond acceptors (Lipinski definition) is 7. The zero-order chi connectivity index (χ0) is 20.3. The van der Waals surface area contributed by atoms with Crippen LogP contribution in [0.25, 0.3) is 32.3 Å². The number of phenols is 5. The minimum atomic E-state index is -0.677. The maximum atomic E-state index is 12.3. The molecule has 4 rings (SSSR count). The summed E-state index contributed by atoms with van der Waals surface area (Å²) < 4.78 is 4.81. The molecule has 7 nitrogen and oxygen atoms in total. The maximum Gasteiger partial charge on any atom is 0.338 e. The molecule has 142 valence electrons. The van der Waals surface area contributed by atoms with Crippen LogP contribution in [-0.2, 0) is 4.74 Å². The van der Waals surface area contributed by atoms with E-state index >= 15 is 0 Å². The van der Waals surface area contributed by atoms with Crippen molar-refractivity contribution in [2.75, 3.05) is 7.11 Å². The van der Waals surface area contributed by atoms with Gasteiger partial charge in [0.15, 0.2) is 0 Å². The SMILES string of the molecule is COC(=O)c1c(C)cc(O)c2c(O)c3c(O)c4c(O)cccc4c(O)c3cc12. The standard InChI is InChI=1S/C21H16O7/c1-8-6-13(23)16-10(14(8)21(27)28-2)7-11-17(20(16)26)19(25)15-9(18(11)24)4-3-5-12(15)22/h3-7,22-26H,1-2H3. The fourth-order valence-electron chi connectivity index (χ4n) is 3.74. The first kappa shape index (κ1) is 17.5. The monoisotopic (exact) mass is 380 g/mol. The molecule has 0 aromatic heterocycles. The molecule has 0 aliphatic carbocycles. The number of carbonyl (C=O) groups excluding carboxylic acids is 1. The molecule has 0 atom stereocenters. The number of aryl methyl sites for hydroxylation is 1. The first-order valence-corrected chi connectivity index (χ1v) is 8.33. The van der Waals surface area contributed by atoms with E-state index in [9.17, 15) is 30.3 Å². The molecule has 0 amide bonds. The topological polar surface area (TPSA) is 127 Å². The molecule has 5 N–H and O–H groups in total. The minimum absolute atomic E-state index is 0.0399. The van der Waals surface area contributed by atoms with Crippen LogP contribution in [0, 0.1) is 6.92 Å². The van der Waals surface area contributed by atoms with Crippen LogP contribution in [-0.4, -0.2) is 38.6 Å². The van der Waals surface area contributed by atoms with Gasteiger partial charge in [-0.15, -0.1) is 0 Å².